The van der Waals surface area contributed by atoms with Gasteiger partial charge in [-0.05, 0) is 13.8 Å². The maximum atomic E-state index is 13.9. The van der Waals surface area contributed by atoms with Gasteiger partial charge in [-0.1, -0.05) is 0 Å². The van der Waals surface area contributed by atoms with Crippen molar-refractivity contribution in [2.75, 3.05) is 59.5 Å². The van der Waals surface area contributed by atoms with Gasteiger partial charge in [-0.15, -0.1) is 0 Å². The first kappa shape index (κ1) is 114. The van der Waals surface area contributed by atoms with Crippen molar-refractivity contribution in [1.82, 2.24) is 21.3 Å². The van der Waals surface area contributed by atoms with Crippen molar-refractivity contribution in [2.45, 2.75) is 391 Å². The molecule has 138 heavy (non-hydrogen) atoms. The molecule has 11 aliphatic heterocycles. The quantitative estimate of drug-likeness (QED) is 0.0277. The Bertz CT molecular complexity index is 3850. The molecule has 4 amide bonds. The molecule has 0 spiro atoms. The van der Waals surface area contributed by atoms with Crippen LogP contribution < -0.4 is 21.3 Å². The molecule has 35 N–H and O–H groups in total. The largest absolute Gasteiger partial charge is 0.477 e. The monoisotopic (exact) mass is 2020 g/mol. The number of aliphatic carboxylic acids is 1. The minimum Gasteiger partial charge on any atom is -0.477 e. The highest BCUT2D eigenvalue weighted by atomic mass is 16.8. The minimum absolute atomic E-state index is 0.821. The first-order valence-electron chi connectivity index (χ1n) is 44.0. The van der Waals surface area contributed by atoms with Crippen LogP contribution >= 0.6 is 0 Å². The Balaban J connectivity index is 0.951. The number of aliphatic hydroxyl groups excluding tert-OH is 30. The van der Waals surface area contributed by atoms with Gasteiger partial charge in [0.25, 0.3) is 5.79 Å². The molecule has 0 aromatic rings. The molecular weight excluding hydrogens is 1890 g/mol. The SMILES string of the molecule is CC(=O)N[C@H]1[C@H](O[C@H]2[C@@H](O)[C@@H](CO[C@@H]3O[C@H](CO)[C@@H](O[C@@H]4O[C@H](CO)[C@H](O)[C@H](O[C@@H]5O[C@H](CO)[C@@H](O)[C@H](O[C@@H]6O[C@H](CO)[C@H](O)[C@H](O)[C@H]6O)[C@H]5NC(C)=O)[C@H]4O)[C@H](O[C@@H]4O[C@@H](C)[C@@H](O)[C@@H](O)[C@@H]4O)[C@H]3NC(C)=O)O[C@@H](O[C@H]3[C@H](O)[C@@H](O)C(O)O[C@@H]3CO)[C@@H]2O)O[C@H](CO)[C@@H](O[C@@H]2O[C@@H](C)[C@@H](O)[C@@H](O)[C@@H]2O)[C@@H]1O[C@@H]1O[C@H](CO)[C@H](O)[C@H](O[C@]2(C(=O)O)C[C@H](O)[C@@H](NC(C)=O)[C@H]([C@H](O)[C@H](O)CO)O2)[C@H]1O. The van der Waals surface area contributed by atoms with E-state index < -0.39 is 439 Å². The maximum Gasteiger partial charge on any atom is 0.364 e. The van der Waals surface area contributed by atoms with Gasteiger partial charge in [0.05, 0.1) is 83.8 Å². The number of amides is 4. The van der Waals surface area contributed by atoms with Crippen LogP contribution in [0.4, 0.5) is 0 Å². The summed E-state index contributed by atoms with van der Waals surface area (Å²) in [5.74, 6) is -9.78. The van der Waals surface area contributed by atoms with Crippen LogP contribution in [0.15, 0.2) is 0 Å². The van der Waals surface area contributed by atoms with Crippen LogP contribution in [0.2, 0.25) is 0 Å². The average Bonchev–Trinajstić information content (AvgIpc) is 0.751. The summed E-state index contributed by atoms with van der Waals surface area (Å²) in [5, 5.41) is 358. The predicted molar refractivity (Wildman–Crippen MR) is 423 cm³/mol. The van der Waals surface area contributed by atoms with Crippen LogP contribution in [0.25, 0.3) is 0 Å². The summed E-state index contributed by atoms with van der Waals surface area (Å²) in [6.07, 6.45) is -114. The lowest BCUT2D eigenvalue weighted by atomic mass is 9.88. The normalized spacial score (nSPS) is 49.1. The maximum absolute atomic E-state index is 13.9. The van der Waals surface area contributed by atoms with Crippen molar-refractivity contribution in [3.8, 4) is 0 Å². The molecule has 0 aliphatic carbocycles. The highest BCUT2D eigenvalue weighted by molar-refractivity contribution is 5.77. The number of hydrogen-bond acceptors (Lipinski definition) is 56. The molecule has 11 saturated heterocycles. The lowest BCUT2D eigenvalue weighted by Crippen LogP contribution is -2.72. The Morgan fingerprint density at radius 2 is 0.623 bits per heavy atom. The predicted octanol–water partition coefficient (Wildman–Crippen LogP) is -23.1. The summed E-state index contributed by atoms with van der Waals surface area (Å²) in [5.41, 5.74) is 0. The van der Waals surface area contributed by atoms with Gasteiger partial charge in [0.2, 0.25) is 23.6 Å². The van der Waals surface area contributed by atoms with Gasteiger partial charge in [0.15, 0.2) is 62.9 Å². The molecule has 56 atom stereocenters. The molecule has 11 fully saturated rings. The second kappa shape index (κ2) is 48.8. The lowest BCUT2D eigenvalue weighted by molar-refractivity contribution is -0.400. The van der Waals surface area contributed by atoms with E-state index in [1.54, 1.807) is 0 Å². The van der Waals surface area contributed by atoms with Crippen molar-refractivity contribution in [2.24, 2.45) is 0 Å². The van der Waals surface area contributed by atoms with E-state index in [9.17, 15) is 182 Å². The fourth-order valence-electron chi connectivity index (χ4n) is 18.0. The molecule has 61 heteroatoms. The number of aliphatic hydroxyl groups is 30. The number of carbonyl (C=O) groups is 5. The van der Waals surface area contributed by atoms with Crippen LogP contribution in [-0.4, -0.2) is 590 Å². The van der Waals surface area contributed by atoms with Gasteiger partial charge in [-0.3, -0.25) is 19.2 Å². The molecule has 0 aromatic carbocycles. The van der Waals surface area contributed by atoms with E-state index in [2.05, 4.69) is 21.3 Å². The summed E-state index contributed by atoms with van der Waals surface area (Å²) in [6, 6.07) is -8.15. The van der Waals surface area contributed by atoms with Crippen LogP contribution in [0.3, 0.4) is 0 Å². The molecular formula is C77H128N4O57. The second-order valence-electron chi connectivity index (χ2n) is 35.2. The highest BCUT2D eigenvalue weighted by Gasteiger charge is 2.65. The Morgan fingerprint density at radius 3 is 1.05 bits per heavy atom. The summed E-state index contributed by atoms with van der Waals surface area (Å²) in [4.78, 5) is 66.8. The van der Waals surface area contributed by atoms with Crippen LogP contribution in [-0.2, 0) is 123 Å². The third-order valence-electron chi connectivity index (χ3n) is 25.5. The Morgan fingerprint density at radius 1 is 0.312 bits per heavy atom. The summed E-state index contributed by atoms with van der Waals surface area (Å²) < 4.78 is 127. The molecule has 0 saturated carbocycles. The number of hydrogen-bond donors (Lipinski definition) is 35. The van der Waals surface area contributed by atoms with Crippen LogP contribution in [0, 0.1) is 0 Å². The summed E-state index contributed by atoms with van der Waals surface area (Å²) >= 11 is 0. The average molecular weight is 2020 g/mol. The van der Waals surface area contributed by atoms with E-state index in [1.165, 1.54) is 13.8 Å². The molecule has 0 aromatic heterocycles. The van der Waals surface area contributed by atoms with E-state index >= 15 is 0 Å². The molecule has 11 aliphatic rings. The van der Waals surface area contributed by atoms with Gasteiger partial charge in [0, 0.05) is 34.1 Å². The zero-order valence-electron chi connectivity index (χ0n) is 74.3. The number of rotatable bonds is 36. The first-order valence-corrected chi connectivity index (χ1v) is 44.0. The van der Waals surface area contributed by atoms with E-state index in [4.69, 9.17) is 99.5 Å². The molecule has 0 radical (unpaired) electrons. The Hall–Kier alpha value is -4.69. The molecule has 0 bridgehead atoms. The third-order valence-corrected chi connectivity index (χ3v) is 25.5. The molecule has 61 nitrogen and oxygen atoms in total. The van der Waals surface area contributed by atoms with E-state index in [-0.39, 0.29) is 0 Å². The highest BCUT2D eigenvalue weighted by Crippen LogP contribution is 2.44. The van der Waals surface area contributed by atoms with Crippen LogP contribution in [0.1, 0.15) is 48.0 Å². The standard InChI is InChI=1S/C77H128N4O57/c1-17-37(96)45(104)50(109)70(119-17)130-58-31(15-89)127-69(36(81-22(6)93)62(58)134-75-55(114)65(43(102)28(12-86)125-75)138-77(76(116)117)7-23(94)33(78-19(3)90)60(137-77)39(98)24(95)8-82)136-64-44(103)32(128-74(54(64)113)129-56-29(13-87)121-66(115)49(108)48(56)107)16-118-67-35(80-21(5)92)61(133-71-51(110)46(105)38(97)18(2)120-71)57(30(14-88)126-67)131-73-53(112)63(42(101)27(11-85)124-73)135-68-34(79-20(4)91)59(41(100)26(10-84)122-68)132-72-52(111)47(106)40(99)25(9-83)123-72/h17-18,23-75,82-89,94-115H,7-16H2,1-6H3,(H,78,90)(H,79,91)(H,80,92)(H,81,93)(H,116,117)/t17-,18-,23-,24+,25+,26+,27+,28+,29+,30+,31+,32+,33+,34+,35+,36+,37+,38+,39+,40-,41+,42-,43-,44-,45+,46+,47-,48+,49+,50-,51-,52+,53+,54+,55+,56+,57+,58+,59+,60+,61+,62+,63-,64-,65-,66?,67+,68-,69-,70-,71-,72-,73-,74-,75-,77-/m0/s1. The minimum atomic E-state index is -3.43. The number of carboxylic acid groups (broad SMARTS) is 1. The van der Waals surface area contributed by atoms with Gasteiger partial charge in [-0.2, -0.15) is 0 Å². The van der Waals surface area contributed by atoms with Gasteiger partial charge >= 0.3 is 5.97 Å². The van der Waals surface area contributed by atoms with Crippen LogP contribution in [0.5, 0.6) is 0 Å². The van der Waals surface area contributed by atoms with E-state index in [1.807, 2.05) is 0 Å². The molecule has 11 rings (SSSR count). The van der Waals surface area contributed by atoms with Crippen molar-refractivity contribution in [3.63, 3.8) is 0 Å². The smallest absolute Gasteiger partial charge is 0.364 e. The number of carbonyl (C=O) groups excluding carboxylic acids is 4. The third kappa shape index (κ3) is 24.6. The number of carboxylic acids is 1. The zero-order valence-corrected chi connectivity index (χ0v) is 74.3. The molecule has 11 heterocycles. The molecule has 1 unspecified atom stereocenters. The van der Waals surface area contributed by atoms with Crippen molar-refractivity contribution in [1.29, 1.82) is 0 Å². The molecule has 798 valence electrons. The topological polar surface area (TPSA) is 954 Å². The van der Waals surface area contributed by atoms with E-state index in [0.29, 0.717) is 0 Å². The van der Waals surface area contributed by atoms with Gasteiger partial charge in [-0.25, -0.2) is 4.79 Å². The number of nitrogens with one attached hydrogen (secondary N) is 4. The fraction of sp³-hybridized carbons (Fsp3) is 0.935. The zero-order chi connectivity index (χ0) is 102. The van der Waals surface area contributed by atoms with E-state index in [0.717, 1.165) is 27.7 Å². The lowest BCUT2D eigenvalue weighted by Gasteiger charge is -2.52. The second-order valence-corrected chi connectivity index (χ2v) is 35.2. The summed E-state index contributed by atoms with van der Waals surface area (Å²) in [6.45, 7) is -5.20. The Labute approximate surface area is 780 Å². The summed E-state index contributed by atoms with van der Waals surface area (Å²) in [7, 11) is 0. The van der Waals surface area contributed by atoms with Gasteiger partial charge < -0.3 is 279 Å². The Kier molecular flexibility index (Phi) is 40.1. The first-order chi connectivity index (χ1) is 65.1. The van der Waals surface area contributed by atoms with Gasteiger partial charge in [0.1, 0.15) is 250 Å². The fourth-order valence-corrected chi connectivity index (χ4v) is 18.0. The van der Waals surface area contributed by atoms with Crippen molar-refractivity contribution in [3.05, 3.63) is 0 Å². The van der Waals surface area contributed by atoms with Crippen molar-refractivity contribution >= 4 is 29.6 Å². The van der Waals surface area contributed by atoms with Crippen molar-refractivity contribution < 1.29 is 282 Å². The number of ether oxygens (including phenoxy) is 21.